The standard InChI is InChI=1S/C21H29N3O3S2/c1-21(2,3)23-29(26,27)17-10-8-16(9-11-17)20(25)22-15-18(19-7-6-14-28-19)24-12-4-5-13-24/h6-11,14,18,23H,4-5,12-13,15H2,1-3H3,(H,22,25). The molecule has 0 bridgehead atoms. The van der Waals surface area contributed by atoms with Gasteiger partial charge in [-0.15, -0.1) is 11.3 Å². The molecule has 1 saturated heterocycles. The van der Waals surface area contributed by atoms with Crippen LogP contribution in [0.2, 0.25) is 0 Å². The van der Waals surface area contributed by atoms with Crippen LogP contribution in [0.1, 0.15) is 54.9 Å². The third-order valence-electron chi connectivity index (χ3n) is 4.78. The highest BCUT2D eigenvalue weighted by molar-refractivity contribution is 7.89. The molecule has 6 nitrogen and oxygen atoms in total. The van der Waals surface area contributed by atoms with Gasteiger partial charge in [-0.1, -0.05) is 6.07 Å². The molecule has 8 heteroatoms. The van der Waals surface area contributed by atoms with Crippen molar-refractivity contribution < 1.29 is 13.2 Å². The summed E-state index contributed by atoms with van der Waals surface area (Å²) >= 11 is 1.71. The summed E-state index contributed by atoms with van der Waals surface area (Å²) in [6, 6.07) is 10.4. The van der Waals surface area contributed by atoms with Crippen LogP contribution >= 0.6 is 11.3 Å². The van der Waals surface area contributed by atoms with E-state index in [0.717, 1.165) is 13.1 Å². The number of likely N-dealkylation sites (tertiary alicyclic amines) is 1. The van der Waals surface area contributed by atoms with Gasteiger partial charge < -0.3 is 5.32 Å². The number of carbonyl (C=O) groups excluding carboxylic acids is 1. The SMILES string of the molecule is CC(C)(C)NS(=O)(=O)c1ccc(C(=O)NCC(c2cccs2)N2CCCC2)cc1. The van der Waals surface area contributed by atoms with Crippen LogP contribution in [0.25, 0.3) is 0 Å². The topological polar surface area (TPSA) is 78.5 Å². The van der Waals surface area contributed by atoms with Crippen LogP contribution < -0.4 is 10.0 Å². The van der Waals surface area contributed by atoms with Gasteiger partial charge in [-0.05, 0) is 82.4 Å². The molecule has 1 amide bonds. The van der Waals surface area contributed by atoms with E-state index in [2.05, 4.69) is 26.4 Å². The monoisotopic (exact) mass is 435 g/mol. The second-order valence-electron chi connectivity index (χ2n) is 8.36. The number of benzene rings is 1. The lowest BCUT2D eigenvalue weighted by molar-refractivity contribution is 0.0938. The molecule has 1 aliphatic rings. The van der Waals surface area contributed by atoms with Crippen molar-refractivity contribution in [2.24, 2.45) is 0 Å². The summed E-state index contributed by atoms with van der Waals surface area (Å²) < 4.78 is 27.4. The Morgan fingerprint density at radius 3 is 2.34 bits per heavy atom. The molecule has 1 unspecified atom stereocenters. The predicted molar refractivity (Wildman–Crippen MR) is 117 cm³/mol. The molecule has 0 radical (unpaired) electrons. The molecule has 1 aromatic heterocycles. The minimum atomic E-state index is -3.61. The number of nitrogens with zero attached hydrogens (tertiary/aromatic N) is 1. The Kier molecular flexibility index (Phi) is 6.78. The normalized spacial score (nSPS) is 16.7. The van der Waals surface area contributed by atoms with Crippen LogP contribution in [-0.2, 0) is 10.0 Å². The Labute approximate surface area is 177 Å². The zero-order chi connectivity index (χ0) is 21.1. The van der Waals surface area contributed by atoms with Crippen molar-refractivity contribution >= 4 is 27.3 Å². The van der Waals surface area contributed by atoms with Crippen LogP contribution in [0.4, 0.5) is 0 Å². The Morgan fingerprint density at radius 1 is 1.14 bits per heavy atom. The Balaban J connectivity index is 1.66. The zero-order valence-electron chi connectivity index (χ0n) is 17.1. The fourth-order valence-corrected chi connectivity index (χ4v) is 5.76. The number of carbonyl (C=O) groups is 1. The molecule has 2 N–H and O–H groups in total. The molecule has 3 rings (SSSR count). The average molecular weight is 436 g/mol. The maximum atomic E-state index is 12.6. The predicted octanol–water partition coefficient (Wildman–Crippen LogP) is 3.39. The highest BCUT2D eigenvalue weighted by Gasteiger charge is 2.25. The molecule has 0 aliphatic carbocycles. The number of nitrogens with one attached hydrogen (secondary N) is 2. The fraction of sp³-hybridized carbons (Fsp3) is 0.476. The summed E-state index contributed by atoms with van der Waals surface area (Å²) in [6.45, 7) is 7.99. The molecule has 0 spiro atoms. The quantitative estimate of drug-likeness (QED) is 0.699. The van der Waals surface area contributed by atoms with Gasteiger partial charge in [0.2, 0.25) is 10.0 Å². The second kappa shape index (κ2) is 8.95. The van der Waals surface area contributed by atoms with Gasteiger partial charge in [0.05, 0.1) is 10.9 Å². The number of sulfonamides is 1. The van der Waals surface area contributed by atoms with Crippen molar-refractivity contribution in [3.8, 4) is 0 Å². The molecular weight excluding hydrogens is 406 g/mol. The van der Waals surface area contributed by atoms with Crippen molar-refractivity contribution in [2.45, 2.75) is 50.1 Å². The summed E-state index contributed by atoms with van der Waals surface area (Å²) in [5, 5.41) is 5.08. The summed E-state index contributed by atoms with van der Waals surface area (Å²) in [5.74, 6) is -0.196. The first kappa shape index (κ1) is 22.0. The maximum Gasteiger partial charge on any atom is 0.251 e. The number of thiophene rings is 1. The molecule has 29 heavy (non-hydrogen) atoms. The van der Waals surface area contributed by atoms with Gasteiger partial charge >= 0.3 is 0 Å². The van der Waals surface area contributed by atoms with E-state index in [1.165, 1.54) is 29.9 Å². The first-order valence-corrected chi connectivity index (χ1v) is 12.2. The highest BCUT2D eigenvalue weighted by Crippen LogP contribution is 2.28. The largest absolute Gasteiger partial charge is 0.350 e. The fourth-order valence-electron chi connectivity index (χ4n) is 3.48. The molecule has 1 atom stereocenters. The smallest absolute Gasteiger partial charge is 0.251 e. The third-order valence-corrected chi connectivity index (χ3v) is 7.52. The van der Waals surface area contributed by atoms with E-state index in [0.29, 0.717) is 12.1 Å². The van der Waals surface area contributed by atoms with Crippen LogP contribution in [0, 0.1) is 0 Å². The molecule has 1 aliphatic heterocycles. The second-order valence-corrected chi connectivity index (χ2v) is 11.0. The Bertz CT molecular complexity index is 911. The van der Waals surface area contributed by atoms with Gasteiger partial charge in [0.25, 0.3) is 5.91 Å². The van der Waals surface area contributed by atoms with Crippen molar-refractivity contribution in [3.05, 3.63) is 52.2 Å². The van der Waals surface area contributed by atoms with Gasteiger partial charge in [-0.25, -0.2) is 13.1 Å². The maximum absolute atomic E-state index is 12.6. The van der Waals surface area contributed by atoms with E-state index in [4.69, 9.17) is 0 Å². The molecule has 158 valence electrons. The summed E-state index contributed by atoms with van der Waals surface area (Å²) in [7, 11) is -3.61. The van der Waals surface area contributed by atoms with E-state index in [1.54, 1.807) is 44.2 Å². The number of hydrogen-bond donors (Lipinski definition) is 2. The van der Waals surface area contributed by atoms with Crippen molar-refractivity contribution in [3.63, 3.8) is 0 Å². The van der Waals surface area contributed by atoms with Gasteiger partial charge in [0, 0.05) is 22.5 Å². The van der Waals surface area contributed by atoms with E-state index < -0.39 is 15.6 Å². The Morgan fingerprint density at radius 2 is 1.79 bits per heavy atom. The summed E-state index contributed by atoms with van der Waals surface area (Å²) in [5.41, 5.74) is -0.118. The summed E-state index contributed by atoms with van der Waals surface area (Å²) in [6.07, 6.45) is 2.38. The van der Waals surface area contributed by atoms with Gasteiger partial charge in [-0.3, -0.25) is 9.69 Å². The van der Waals surface area contributed by atoms with Crippen molar-refractivity contribution in [1.82, 2.24) is 14.9 Å². The molecule has 1 aromatic carbocycles. The van der Waals surface area contributed by atoms with E-state index in [9.17, 15) is 13.2 Å². The first-order valence-electron chi connectivity index (χ1n) is 9.85. The van der Waals surface area contributed by atoms with Crippen LogP contribution in [0.5, 0.6) is 0 Å². The number of rotatable bonds is 7. The van der Waals surface area contributed by atoms with Crippen LogP contribution in [-0.4, -0.2) is 44.4 Å². The lowest BCUT2D eigenvalue weighted by atomic mass is 10.1. The molecular formula is C21H29N3O3S2. The van der Waals surface area contributed by atoms with Crippen LogP contribution in [0.15, 0.2) is 46.7 Å². The third kappa shape index (κ3) is 5.88. The minimum Gasteiger partial charge on any atom is -0.350 e. The Hall–Kier alpha value is -1.74. The zero-order valence-corrected chi connectivity index (χ0v) is 18.8. The molecule has 0 saturated carbocycles. The summed E-state index contributed by atoms with van der Waals surface area (Å²) in [4.78, 5) is 16.5. The number of amides is 1. The van der Waals surface area contributed by atoms with E-state index in [-0.39, 0.29) is 16.8 Å². The minimum absolute atomic E-state index is 0.150. The van der Waals surface area contributed by atoms with Crippen molar-refractivity contribution in [2.75, 3.05) is 19.6 Å². The molecule has 2 aromatic rings. The van der Waals surface area contributed by atoms with Gasteiger partial charge in [-0.2, -0.15) is 0 Å². The van der Waals surface area contributed by atoms with E-state index >= 15 is 0 Å². The van der Waals surface area contributed by atoms with Gasteiger partial charge in [0.15, 0.2) is 0 Å². The lowest BCUT2D eigenvalue weighted by Crippen LogP contribution is -2.40. The molecule has 1 fully saturated rings. The molecule has 2 heterocycles. The van der Waals surface area contributed by atoms with Crippen LogP contribution in [0.3, 0.4) is 0 Å². The van der Waals surface area contributed by atoms with Gasteiger partial charge in [0.1, 0.15) is 0 Å². The van der Waals surface area contributed by atoms with Crippen molar-refractivity contribution in [1.29, 1.82) is 0 Å². The van der Waals surface area contributed by atoms with E-state index in [1.807, 2.05) is 6.07 Å². The number of hydrogen-bond acceptors (Lipinski definition) is 5. The lowest BCUT2D eigenvalue weighted by Gasteiger charge is -2.27. The average Bonchev–Trinajstić information content (AvgIpc) is 3.34. The first-order chi connectivity index (χ1) is 13.7. The highest BCUT2D eigenvalue weighted by atomic mass is 32.2.